The highest BCUT2D eigenvalue weighted by molar-refractivity contribution is 5.93. The Hall–Kier alpha value is -2.47. The van der Waals surface area contributed by atoms with Crippen LogP contribution in [0.15, 0.2) is 53.1 Å². The van der Waals surface area contributed by atoms with Gasteiger partial charge in [0.25, 0.3) is 0 Å². The highest BCUT2D eigenvalue weighted by atomic mass is 16.4. The number of hydrogen-bond acceptors (Lipinski definition) is 9. The van der Waals surface area contributed by atoms with Gasteiger partial charge in [0, 0.05) is 31.9 Å². The minimum absolute atomic E-state index is 0.197. The Morgan fingerprint density at radius 1 is 1.00 bits per heavy atom. The molecule has 47 heavy (non-hydrogen) atoms. The highest BCUT2D eigenvalue weighted by Gasteiger charge is 2.55. The number of piperidine rings is 1. The molecule has 4 N–H and O–H groups in total. The first-order valence-corrected chi connectivity index (χ1v) is 17.8. The largest absolute Gasteiger partial charge is 0.468 e. The van der Waals surface area contributed by atoms with Gasteiger partial charge in [-0.05, 0) is 106 Å². The summed E-state index contributed by atoms with van der Waals surface area (Å²) in [5.74, 6) is 3.30. The predicted octanol–water partition coefficient (Wildman–Crippen LogP) is 3.32. The van der Waals surface area contributed by atoms with Crippen molar-refractivity contribution < 1.29 is 29.6 Å². The maximum absolute atomic E-state index is 14.3. The number of likely N-dealkylation sites (tertiary alicyclic amines) is 1. The van der Waals surface area contributed by atoms with Gasteiger partial charge in [-0.15, -0.1) is 0 Å². The van der Waals surface area contributed by atoms with Gasteiger partial charge in [-0.1, -0.05) is 32.0 Å². The summed E-state index contributed by atoms with van der Waals surface area (Å²) in [4.78, 5) is 23.1. The van der Waals surface area contributed by atoms with Crippen LogP contribution in [0.3, 0.4) is 0 Å². The number of aliphatic hydroxyl groups excluding tert-OH is 4. The second-order valence-corrected chi connectivity index (χ2v) is 15.4. The van der Waals surface area contributed by atoms with E-state index in [1.807, 2.05) is 35.0 Å². The molecule has 2 saturated heterocycles. The minimum Gasteiger partial charge on any atom is -0.468 e. The summed E-state index contributed by atoms with van der Waals surface area (Å²) in [6.45, 7) is 8.89. The van der Waals surface area contributed by atoms with Crippen LogP contribution < -0.4 is 4.90 Å². The molecule has 2 aliphatic heterocycles. The third-order valence-electron chi connectivity index (χ3n) is 12.6. The molecule has 5 aliphatic rings. The van der Waals surface area contributed by atoms with Crippen molar-refractivity contribution in [2.45, 2.75) is 88.7 Å². The summed E-state index contributed by atoms with van der Waals surface area (Å²) >= 11 is 0. The lowest BCUT2D eigenvalue weighted by Gasteiger charge is -2.60. The predicted molar refractivity (Wildman–Crippen MR) is 180 cm³/mol. The third-order valence-corrected chi connectivity index (χ3v) is 12.6. The van der Waals surface area contributed by atoms with Gasteiger partial charge in [0.2, 0.25) is 5.91 Å². The number of anilines is 1. The van der Waals surface area contributed by atoms with E-state index in [1.165, 1.54) is 31.9 Å². The average Bonchev–Trinajstić information content (AvgIpc) is 3.71. The summed E-state index contributed by atoms with van der Waals surface area (Å²) in [5, 5.41) is 40.8. The average molecular weight is 653 g/mol. The van der Waals surface area contributed by atoms with Crippen molar-refractivity contribution in [1.82, 2.24) is 14.7 Å². The van der Waals surface area contributed by atoms with Crippen LogP contribution in [-0.4, -0.2) is 118 Å². The third kappa shape index (κ3) is 6.62. The molecular weight excluding hydrogens is 596 g/mol. The maximum atomic E-state index is 14.3. The number of benzene rings is 1. The van der Waals surface area contributed by atoms with E-state index >= 15 is 0 Å². The van der Waals surface area contributed by atoms with E-state index in [2.05, 4.69) is 35.8 Å². The van der Waals surface area contributed by atoms with E-state index in [4.69, 9.17) is 4.42 Å². The fourth-order valence-electron chi connectivity index (χ4n) is 9.45. The zero-order chi connectivity index (χ0) is 33.3. The number of nitrogens with zero attached hydrogens (tertiary/aromatic N) is 4. The molecule has 1 spiro atoms. The second-order valence-electron chi connectivity index (χ2n) is 15.4. The summed E-state index contributed by atoms with van der Waals surface area (Å²) in [6.07, 6.45) is 4.83. The van der Waals surface area contributed by atoms with Crippen molar-refractivity contribution in [3.63, 3.8) is 0 Å². The summed E-state index contributed by atoms with van der Waals surface area (Å²) < 4.78 is 5.58. The monoisotopic (exact) mass is 652 g/mol. The molecule has 1 aromatic heterocycles. The standard InChI is InChI=1S/C37H56N4O6/c1-36(2)27-13-12-26(29(36)23-27)14-19-39-20-15-37(16-21-39)35(46)40(25-41(37)28-9-5-4-6-10-28)18-8-17-38(3)32(31-11-7-22-47-31)34(45)33(44)30(43)24-42/h4-7,9-11,22,26-27,29-30,32-34,42-45H,8,12-21,23-25H2,1-3H3/t26?,27?,29?,30-,32?,33?,34+/m1/s1. The van der Waals surface area contributed by atoms with Crippen molar-refractivity contribution in [3.05, 3.63) is 54.5 Å². The van der Waals surface area contributed by atoms with Gasteiger partial charge in [-0.2, -0.15) is 0 Å². The number of fused-ring (bicyclic) bond motifs is 2. The molecule has 3 saturated carbocycles. The Labute approximate surface area is 279 Å². The molecule has 10 heteroatoms. The first-order chi connectivity index (χ1) is 22.6. The first-order valence-electron chi connectivity index (χ1n) is 17.8. The van der Waals surface area contributed by atoms with Gasteiger partial charge in [0.15, 0.2) is 0 Å². The van der Waals surface area contributed by atoms with Crippen molar-refractivity contribution >= 4 is 11.6 Å². The molecule has 10 nitrogen and oxygen atoms in total. The fraction of sp³-hybridized carbons (Fsp3) is 0.703. The van der Waals surface area contributed by atoms with Crippen LogP contribution in [0, 0.1) is 23.2 Å². The molecule has 1 aromatic carbocycles. The summed E-state index contributed by atoms with van der Waals surface area (Å²) in [7, 11) is 1.82. The Bertz CT molecular complexity index is 1300. The van der Waals surface area contributed by atoms with Crippen molar-refractivity contribution in [3.8, 4) is 0 Å². The lowest BCUT2D eigenvalue weighted by Crippen LogP contribution is -2.57. The molecule has 3 aliphatic carbocycles. The lowest BCUT2D eigenvalue weighted by atomic mass is 9.45. The van der Waals surface area contributed by atoms with Crippen molar-refractivity contribution in [2.75, 3.05) is 57.9 Å². The molecule has 260 valence electrons. The van der Waals surface area contributed by atoms with Gasteiger partial charge in [-0.25, -0.2) is 0 Å². The van der Waals surface area contributed by atoms with Crippen LogP contribution >= 0.6 is 0 Å². The van der Waals surface area contributed by atoms with Crippen molar-refractivity contribution in [1.29, 1.82) is 0 Å². The molecule has 5 unspecified atom stereocenters. The lowest BCUT2D eigenvalue weighted by molar-refractivity contribution is -0.134. The van der Waals surface area contributed by atoms with Crippen LogP contribution in [-0.2, 0) is 4.79 Å². The van der Waals surface area contributed by atoms with Gasteiger partial charge in [0.05, 0.1) is 25.6 Å². The zero-order valence-corrected chi connectivity index (χ0v) is 28.5. The molecule has 5 fully saturated rings. The van der Waals surface area contributed by atoms with E-state index < -0.39 is 36.5 Å². The van der Waals surface area contributed by atoms with E-state index in [1.54, 1.807) is 12.1 Å². The molecule has 1 amide bonds. The van der Waals surface area contributed by atoms with Crippen LogP contribution in [0.25, 0.3) is 0 Å². The van der Waals surface area contributed by atoms with Gasteiger partial charge >= 0.3 is 0 Å². The zero-order valence-electron chi connectivity index (χ0n) is 28.5. The number of furan rings is 1. The van der Waals surface area contributed by atoms with E-state index in [0.717, 1.165) is 55.9 Å². The Balaban J connectivity index is 1.08. The van der Waals surface area contributed by atoms with Gasteiger partial charge < -0.3 is 39.5 Å². The fourth-order valence-corrected chi connectivity index (χ4v) is 9.45. The Morgan fingerprint density at radius 2 is 1.74 bits per heavy atom. The Kier molecular flexibility index (Phi) is 10.4. The highest BCUT2D eigenvalue weighted by Crippen LogP contribution is 2.62. The molecule has 0 radical (unpaired) electrons. The van der Waals surface area contributed by atoms with Gasteiger partial charge in [-0.3, -0.25) is 9.69 Å². The SMILES string of the molecule is CN(CCCN1CN(c2ccccc2)C2(CCN(CCC3CCC4CC3C4(C)C)CC2)C1=O)C(c1ccco1)[C@H](O)C(O)[C@H](O)CO. The number of para-hydroxylation sites is 1. The van der Waals surface area contributed by atoms with Crippen LogP contribution in [0.1, 0.15) is 70.6 Å². The molecule has 7 rings (SSSR count). The second kappa shape index (κ2) is 14.2. The topological polar surface area (TPSA) is 124 Å². The number of aliphatic hydroxyl groups is 4. The van der Waals surface area contributed by atoms with Gasteiger partial charge in [0.1, 0.15) is 29.6 Å². The molecule has 3 heterocycles. The summed E-state index contributed by atoms with van der Waals surface area (Å²) in [6, 6.07) is 13.0. The van der Waals surface area contributed by atoms with Crippen LogP contribution in [0.2, 0.25) is 0 Å². The molecular formula is C37H56N4O6. The van der Waals surface area contributed by atoms with Crippen LogP contribution in [0.5, 0.6) is 0 Å². The Morgan fingerprint density at radius 3 is 2.38 bits per heavy atom. The first kappa shape index (κ1) is 34.4. The molecule has 2 aromatic rings. The van der Waals surface area contributed by atoms with E-state index in [9.17, 15) is 25.2 Å². The molecule has 7 atom stereocenters. The maximum Gasteiger partial charge on any atom is 0.250 e. The van der Waals surface area contributed by atoms with E-state index in [-0.39, 0.29) is 5.91 Å². The summed E-state index contributed by atoms with van der Waals surface area (Å²) in [5.41, 5.74) is 1.05. The number of rotatable bonds is 14. The minimum atomic E-state index is -1.55. The number of likely N-dealkylation sites (N-methyl/N-ethyl adjacent to an activating group) is 1. The molecule has 2 bridgehead atoms. The number of amides is 1. The van der Waals surface area contributed by atoms with Crippen LogP contribution in [0.4, 0.5) is 5.69 Å². The van der Waals surface area contributed by atoms with E-state index in [0.29, 0.717) is 37.4 Å². The normalized spacial score (nSPS) is 28.0. The van der Waals surface area contributed by atoms with Crippen molar-refractivity contribution in [2.24, 2.45) is 23.2 Å². The number of hydrogen-bond donors (Lipinski definition) is 4. The number of carbonyl (C=O) groups is 1. The number of carbonyl (C=O) groups excluding carboxylic acids is 1. The quantitative estimate of drug-likeness (QED) is 0.243. The smallest absolute Gasteiger partial charge is 0.250 e.